The SMILES string of the molecule is COC[C@@H](C)N(C)C(C)(C)C. The summed E-state index contributed by atoms with van der Waals surface area (Å²) in [5, 5.41) is 0. The molecule has 11 heavy (non-hydrogen) atoms. The second kappa shape index (κ2) is 4.07. The quantitative estimate of drug-likeness (QED) is 0.622. The molecule has 0 amide bonds. The molecule has 0 radical (unpaired) electrons. The normalized spacial score (nSPS) is 15.5. The van der Waals surface area contributed by atoms with E-state index in [4.69, 9.17) is 4.74 Å². The van der Waals surface area contributed by atoms with E-state index in [1.807, 2.05) is 0 Å². The molecule has 68 valence electrons. The van der Waals surface area contributed by atoms with Gasteiger partial charge in [-0.05, 0) is 34.7 Å². The first-order valence-corrected chi connectivity index (χ1v) is 4.11. The Bertz CT molecular complexity index is 107. The van der Waals surface area contributed by atoms with E-state index in [9.17, 15) is 0 Å². The standard InChI is InChI=1S/C9H21NO/c1-8(7-11-6)10(5)9(2,3)4/h8H,7H2,1-6H3/t8-/m1/s1. The molecule has 0 aromatic rings. The molecule has 0 aromatic heterocycles. The van der Waals surface area contributed by atoms with Gasteiger partial charge in [0.25, 0.3) is 0 Å². The van der Waals surface area contributed by atoms with Crippen LogP contribution in [0.25, 0.3) is 0 Å². The Morgan fingerprint density at radius 2 is 1.82 bits per heavy atom. The minimum atomic E-state index is 0.234. The second-order valence-electron chi connectivity index (χ2n) is 4.09. The molecular formula is C9H21NO. The molecule has 0 saturated heterocycles. The fourth-order valence-electron chi connectivity index (χ4n) is 1.01. The number of nitrogens with zero attached hydrogens (tertiary/aromatic N) is 1. The lowest BCUT2D eigenvalue weighted by molar-refractivity contribution is 0.0614. The lowest BCUT2D eigenvalue weighted by Gasteiger charge is -2.36. The summed E-state index contributed by atoms with van der Waals surface area (Å²) in [4.78, 5) is 2.32. The molecular weight excluding hydrogens is 138 g/mol. The van der Waals surface area contributed by atoms with Gasteiger partial charge in [-0.25, -0.2) is 0 Å². The highest BCUT2D eigenvalue weighted by atomic mass is 16.5. The smallest absolute Gasteiger partial charge is 0.0615 e. The number of hydrogen-bond donors (Lipinski definition) is 0. The first-order chi connectivity index (χ1) is 4.89. The van der Waals surface area contributed by atoms with Crippen LogP contribution in [0, 0.1) is 0 Å². The van der Waals surface area contributed by atoms with E-state index in [1.165, 1.54) is 0 Å². The monoisotopic (exact) mass is 159 g/mol. The zero-order chi connectivity index (χ0) is 9.07. The van der Waals surface area contributed by atoms with Gasteiger partial charge in [0, 0.05) is 18.7 Å². The average Bonchev–Trinajstić information content (AvgIpc) is 1.85. The molecule has 1 atom stereocenters. The fraction of sp³-hybridized carbons (Fsp3) is 1.00. The van der Waals surface area contributed by atoms with Crippen LogP contribution in [0.5, 0.6) is 0 Å². The summed E-state index contributed by atoms with van der Waals surface area (Å²) in [6, 6.07) is 0.486. The van der Waals surface area contributed by atoms with Crippen LogP contribution in [-0.4, -0.2) is 37.2 Å². The molecule has 2 heteroatoms. The predicted molar refractivity (Wildman–Crippen MR) is 48.9 cm³/mol. The summed E-state index contributed by atoms with van der Waals surface area (Å²) >= 11 is 0. The van der Waals surface area contributed by atoms with E-state index in [0.29, 0.717) is 6.04 Å². The van der Waals surface area contributed by atoms with Crippen LogP contribution in [-0.2, 0) is 4.74 Å². The van der Waals surface area contributed by atoms with Crippen LogP contribution < -0.4 is 0 Å². The van der Waals surface area contributed by atoms with Crippen LogP contribution in [0.1, 0.15) is 27.7 Å². The van der Waals surface area contributed by atoms with Crippen LogP contribution in [0.3, 0.4) is 0 Å². The molecule has 0 unspecified atom stereocenters. The van der Waals surface area contributed by atoms with Crippen molar-refractivity contribution >= 4 is 0 Å². The Kier molecular flexibility index (Phi) is 4.04. The minimum absolute atomic E-state index is 0.234. The van der Waals surface area contributed by atoms with Crippen molar-refractivity contribution < 1.29 is 4.74 Å². The first kappa shape index (κ1) is 10.9. The molecule has 0 aliphatic heterocycles. The number of rotatable bonds is 3. The second-order valence-corrected chi connectivity index (χ2v) is 4.09. The third-order valence-corrected chi connectivity index (χ3v) is 2.13. The van der Waals surface area contributed by atoms with Gasteiger partial charge in [0.15, 0.2) is 0 Å². The largest absolute Gasteiger partial charge is 0.383 e. The first-order valence-electron chi connectivity index (χ1n) is 4.11. The molecule has 0 N–H and O–H groups in total. The summed E-state index contributed by atoms with van der Waals surface area (Å²) in [7, 11) is 3.87. The number of methoxy groups -OCH3 is 1. The van der Waals surface area contributed by atoms with E-state index < -0.39 is 0 Å². The summed E-state index contributed by atoms with van der Waals surface area (Å²) in [5.74, 6) is 0. The third-order valence-electron chi connectivity index (χ3n) is 2.13. The van der Waals surface area contributed by atoms with Gasteiger partial charge >= 0.3 is 0 Å². The Morgan fingerprint density at radius 3 is 2.09 bits per heavy atom. The Morgan fingerprint density at radius 1 is 1.36 bits per heavy atom. The van der Waals surface area contributed by atoms with Gasteiger partial charge in [-0.2, -0.15) is 0 Å². The molecule has 2 nitrogen and oxygen atoms in total. The van der Waals surface area contributed by atoms with Crippen LogP contribution >= 0.6 is 0 Å². The van der Waals surface area contributed by atoms with Crippen molar-refractivity contribution in [1.82, 2.24) is 4.90 Å². The molecule has 0 rings (SSSR count). The maximum Gasteiger partial charge on any atom is 0.0615 e. The van der Waals surface area contributed by atoms with Crippen molar-refractivity contribution in [1.29, 1.82) is 0 Å². The summed E-state index contributed by atoms with van der Waals surface area (Å²) in [6.45, 7) is 9.60. The lowest BCUT2D eigenvalue weighted by atomic mass is 10.1. The summed E-state index contributed by atoms with van der Waals surface area (Å²) in [6.07, 6.45) is 0. The summed E-state index contributed by atoms with van der Waals surface area (Å²) < 4.78 is 5.08. The molecule has 0 bridgehead atoms. The number of hydrogen-bond acceptors (Lipinski definition) is 2. The van der Waals surface area contributed by atoms with Crippen LogP contribution in [0.15, 0.2) is 0 Å². The zero-order valence-corrected chi connectivity index (χ0v) is 8.64. The van der Waals surface area contributed by atoms with Crippen molar-refractivity contribution in [2.45, 2.75) is 39.3 Å². The van der Waals surface area contributed by atoms with Crippen LogP contribution in [0.4, 0.5) is 0 Å². The highest BCUT2D eigenvalue weighted by Gasteiger charge is 2.21. The lowest BCUT2D eigenvalue weighted by Crippen LogP contribution is -2.45. The van der Waals surface area contributed by atoms with Gasteiger partial charge in [-0.15, -0.1) is 0 Å². The van der Waals surface area contributed by atoms with Gasteiger partial charge in [-0.3, -0.25) is 4.90 Å². The molecule has 0 saturated carbocycles. The van der Waals surface area contributed by atoms with Gasteiger partial charge in [0.2, 0.25) is 0 Å². The van der Waals surface area contributed by atoms with Gasteiger partial charge in [0.05, 0.1) is 6.61 Å². The number of ether oxygens (including phenoxy) is 1. The average molecular weight is 159 g/mol. The van der Waals surface area contributed by atoms with Crippen molar-refractivity contribution in [3.63, 3.8) is 0 Å². The molecule has 0 aliphatic carbocycles. The highest BCUT2D eigenvalue weighted by Crippen LogP contribution is 2.13. The summed E-state index contributed by atoms with van der Waals surface area (Å²) in [5.41, 5.74) is 0.234. The van der Waals surface area contributed by atoms with E-state index in [0.717, 1.165) is 6.61 Å². The third kappa shape index (κ3) is 3.73. The molecule has 0 fully saturated rings. The van der Waals surface area contributed by atoms with E-state index in [1.54, 1.807) is 7.11 Å². The van der Waals surface area contributed by atoms with Crippen LogP contribution in [0.2, 0.25) is 0 Å². The highest BCUT2D eigenvalue weighted by molar-refractivity contribution is 4.77. The Labute approximate surface area is 70.5 Å². The molecule has 0 heterocycles. The maximum atomic E-state index is 5.08. The van der Waals surface area contributed by atoms with E-state index in [2.05, 4.69) is 39.6 Å². The Balaban J connectivity index is 3.91. The van der Waals surface area contributed by atoms with E-state index in [-0.39, 0.29) is 5.54 Å². The van der Waals surface area contributed by atoms with Crippen molar-refractivity contribution in [3.05, 3.63) is 0 Å². The van der Waals surface area contributed by atoms with Crippen molar-refractivity contribution in [3.8, 4) is 0 Å². The zero-order valence-electron chi connectivity index (χ0n) is 8.64. The molecule has 0 aromatic carbocycles. The number of likely N-dealkylation sites (N-methyl/N-ethyl adjacent to an activating group) is 1. The molecule has 0 aliphatic rings. The van der Waals surface area contributed by atoms with Crippen molar-refractivity contribution in [2.24, 2.45) is 0 Å². The predicted octanol–water partition coefficient (Wildman–Crippen LogP) is 1.75. The fourth-order valence-corrected chi connectivity index (χ4v) is 1.01. The maximum absolute atomic E-state index is 5.08. The van der Waals surface area contributed by atoms with Crippen molar-refractivity contribution in [2.75, 3.05) is 20.8 Å². The van der Waals surface area contributed by atoms with Gasteiger partial charge in [-0.1, -0.05) is 0 Å². The topological polar surface area (TPSA) is 12.5 Å². The Hall–Kier alpha value is -0.0800. The van der Waals surface area contributed by atoms with Gasteiger partial charge < -0.3 is 4.74 Å². The van der Waals surface area contributed by atoms with E-state index >= 15 is 0 Å². The molecule has 0 spiro atoms. The minimum Gasteiger partial charge on any atom is -0.383 e. The van der Waals surface area contributed by atoms with Gasteiger partial charge in [0.1, 0.15) is 0 Å².